The van der Waals surface area contributed by atoms with Crippen LogP contribution in [0.15, 0.2) is 0 Å². The fourth-order valence-corrected chi connectivity index (χ4v) is 4.82. The smallest absolute Gasteiger partial charge is 0.401 e. The molecule has 3 saturated carbocycles. The predicted octanol–water partition coefficient (Wildman–Crippen LogP) is 1.91. The van der Waals surface area contributed by atoms with Gasteiger partial charge in [-0.15, -0.1) is 0 Å². The molecule has 4 heteroatoms. The summed E-state index contributed by atoms with van der Waals surface area (Å²) < 4.78 is 12.7. The van der Waals surface area contributed by atoms with E-state index in [1.165, 1.54) is 12.8 Å². The van der Waals surface area contributed by atoms with E-state index in [1.807, 2.05) is 0 Å². The van der Waals surface area contributed by atoms with Gasteiger partial charge in [0.15, 0.2) is 0 Å². The third kappa shape index (κ3) is 1.90. The molecule has 1 saturated heterocycles. The molecule has 3 aliphatic carbocycles. The van der Waals surface area contributed by atoms with Crippen LogP contribution >= 0.6 is 0 Å². The maximum Gasteiger partial charge on any atom is 0.521 e. The van der Waals surface area contributed by atoms with Crippen molar-refractivity contribution in [2.45, 2.75) is 71.5 Å². The number of rotatable bonds is 3. The molecule has 0 spiro atoms. The molecule has 19 heavy (non-hydrogen) atoms. The van der Waals surface area contributed by atoms with Crippen LogP contribution < -0.4 is 5.73 Å². The Labute approximate surface area is 117 Å². The first-order chi connectivity index (χ1) is 8.75. The van der Waals surface area contributed by atoms with Crippen molar-refractivity contribution in [3.63, 3.8) is 0 Å². The number of quaternary nitrogens is 1. The van der Waals surface area contributed by atoms with Gasteiger partial charge < -0.3 is 15.0 Å². The molecular weight excluding hydrogens is 237 g/mol. The molecule has 5 atom stereocenters. The van der Waals surface area contributed by atoms with Gasteiger partial charge in [0.2, 0.25) is 0 Å². The lowest BCUT2D eigenvalue weighted by Gasteiger charge is -2.64. The predicted molar refractivity (Wildman–Crippen MR) is 76.2 cm³/mol. The van der Waals surface area contributed by atoms with E-state index < -0.39 is 0 Å². The van der Waals surface area contributed by atoms with Crippen LogP contribution in [0.5, 0.6) is 0 Å². The lowest BCUT2D eigenvalue weighted by molar-refractivity contribution is -0.400. The zero-order valence-electron chi connectivity index (χ0n) is 13.1. The Bertz CT molecular complexity index is 373. The Balaban J connectivity index is 1.74. The quantitative estimate of drug-likeness (QED) is 0.793. The second kappa shape index (κ2) is 4.22. The molecule has 4 rings (SSSR count). The maximum atomic E-state index is 6.42. The summed E-state index contributed by atoms with van der Waals surface area (Å²) in [6, 6.07) is 0. The zero-order chi connectivity index (χ0) is 14.0. The standard InChI is InChI=1S/C15H28BNO2/c1-9(2)6-13(17)16-18-12-8-10-7-11(14(10,3)4)15(12,5)19-16/h9-13H,6-8,17H2,1-5H3/p+1/t10-,11?,12+,13-,15-/m0/s1. The van der Waals surface area contributed by atoms with E-state index in [1.54, 1.807) is 0 Å². The summed E-state index contributed by atoms with van der Waals surface area (Å²) in [4.78, 5) is 0. The Morgan fingerprint density at radius 1 is 1.26 bits per heavy atom. The largest absolute Gasteiger partial charge is 0.521 e. The molecule has 4 aliphatic rings. The summed E-state index contributed by atoms with van der Waals surface area (Å²) in [5.41, 5.74) is 4.63. The zero-order valence-corrected chi connectivity index (χ0v) is 13.1. The fraction of sp³-hybridized carbons (Fsp3) is 1.00. The normalized spacial score (nSPS) is 45.0. The van der Waals surface area contributed by atoms with Crippen molar-refractivity contribution in [1.82, 2.24) is 0 Å². The minimum absolute atomic E-state index is 0.0736. The van der Waals surface area contributed by atoms with E-state index in [9.17, 15) is 0 Å². The van der Waals surface area contributed by atoms with E-state index >= 15 is 0 Å². The maximum absolute atomic E-state index is 6.42. The number of hydrogen-bond acceptors (Lipinski definition) is 2. The fourth-order valence-electron chi connectivity index (χ4n) is 4.82. The molecule has 108 valence electrons. The van der Waals surface area contributed by atoms with Gasteiger partial charge in [0.25, 0.3) is 0 Å². The van der Waals surface area contributed by atoms with Gasteiger partial charge in [0, 0.05) is 0 Å². The van der Waals surface area contributed by atoms with Crippen LogP contribution in [0.3, 0.4) is 0 Å². The summed E-state index contributed by atoms with van der Waals surface area (Å²) in [6.07, 6.45) is 3.86. The van der Waals surface area contributed by atoms with Crippen LogP contribution in [0, 0.1) is 23.2 Å². The monoisotopic (exact) mass is 266 g/mol. The Hall–Kier alpha value is -0.0551. The minimum atomic E-state index is -0.0902. The van der Waals surface area contributed by atoms with Gasteiger partial charge in [0.05, 0.1) is 11.7 Å². The van der Waals surface area contributed by atoms with E-state index in [-0.39, 0.29) is 18.7 Å². The van der Waals surface area contributed by atoms with Crippen LogP contribution in [0.1, 0.15) is 53.9 Å². The van der Waals surface area contributed by atoms with Gasteiger partial charge in [-0.25, -0.2) is 0 Å². The molecule has 2 bridgehead atoms. The highest BCUT2D eigenvalue weighted by atomic mass is 16.7. The van der Waals surface area contributed by atoms with Gasteiger partial charge in [-0.2, -0.15) is 0 Å². The van der Waals surface area contributed by atoms with Crippen molar-refractivity contribution in [1.29, 1.82) is 0 Å². The minimum Gasteiger partial charge on any atom is -0.401 e. The average molecular weight is 266 g/mol. The van der Waals surface area contributed by atoms with Crippen molar-refractivity contribution < 1.29 is 15.0 Å². The van der Waals surface area contributed by atoms with Gasteiger partial charge in [-0.05, 0) is 49.4 Å². The molecule has 0 aromatic rings. The van der Waals surface area contributed by atoms with Crippen molar-refractivity contribution in [2.24, 2.45) is 23.2 Å². The van der Waals surface area contributed by atoms with Crippen LogP contribution in [-0.4, -0.2) is 24.8 Å². The third-order valence-electron chi connectivity index (χ3n) is 6.13. The molecule has 1 aliphatic heterocycles. The Morgan fingerprint density at radius 2 is 1.95 bits per heavy atom. The van der Waals surface area contributed by atoms with Crippen LogP contribution in [0.4, 0.5) is 0 Å². The first-order valence-electron chi connectivity index (χ1n) is 7.91. The molecule has 1 heterocycles. The van der Waals surface area contributed by atoms with Crippen LogP contribution in [0.2, 0.25) is 0 Å². The summed E-state index contributed by atoms with van der Waals surface area (Å²) in [7, 11) is -0.0902. The lowest BCUT2D eigenvalue weighted by Crippen LogP contribution is -2.69. The molecule has 0 aromatic carbocycles. The lowest BCUT2D eigenvalue weighted by atomic mass is 9.43. The highest BCUT2D eigenvalue weighted by molar-refractivity contribution is 6.46. The highest BCUT2D eigenvalue weighted by Crippen LogP contribution is 2.65. The number of hydrogen-bond donors (Lipinski definition) is 1. The third-order valence-corrected chi connectivity index (χ3v) is 6.13. The summed E-state index contributed by atoms with van der Waals surface area (Å²) in [5, 5.41) is 0. The van der Waals surface area contributed by atoms with Gasteiger partial charge in [0.1, 0.15) is 5.94 Å². The molecule has 0 aromatic heterocycles. The second-order valence-electron chi connectivity index (χ2n) is 8.23. The van der Waals surface area contributed by atoms with E-state index in [0.29, 0.717) is 23.4 Å². The van der Waals surface area contributed by atoms with E-state index in [0.717, 1.165) is 12.3 Å². The molecule has 0 amide bonds. The first-order valence-corrected chi connectivity index (χ1v) is 7.91. The topological polar surface area (TPSA) is 46.1 Å². The van der Waals surface area contributed by atoms with Crippen molar-refractivity contribution in [3.8, 4) is 0 Å². The van der Waals surface area contributed by atoms with E-state index in [2.05, 4.69) is 40.4 Å². The van der Waals surface area contributed by atoms with Gasteiger partial charge in [-0.1, -0.05) is 27.7 Å². The second-order valence-corrected chi connectivity index (χ2v) is 8.23. The van der Waals surface area contributed by atoms with Gasteiger partial charge >= 0.3 is 7.12 Å². The first kappa shape index (κ1) is 13.9. The van der Waals surface area contributed by atoms with Crippen molar-refractivity contribution >= 4 is 7.12 Å². The average Bonchev–Trinajstić information content (AvgIpc) is 2.64. The van der Waals surface area contributed by atoms with Crippen LogP contribution in [-0.2, 0) is 9.31 Å². The molecule has 0 radical (unpaired) electrons. The highest BCUT2D eigenvalue weighted by Gasteiger charge is 2.68. The molecular formula is C15H29BNO2+. The molecule has 4 fully saturated rings. The SMILES string of the molecule is CC(C)C[C@H]([NH3+])B1O[C@@H]2C[C@@H]3CC(C3(C)C)[C@]2(C)O1. The molecule has 3 N–H and O–H groups in total. The Kier molecular flexibility index (Phi) is 3.09. The molecule has 1 unspecified atom stereocenters. The van der Waals surface area contributed by atoms with Gasteiger partial charge in [-0.3, -0.25) is 0 Å². The van der Waals surface area contributed by atoms with E-state index in [4.69, 9.17) is 9.31 Å². The van der Waals surface area contributed by atoms with Crippen molar-refractivity contribution in [2.75, 3.05) is 0 Å². The summed E-state index contributed by atoms with van der Waals surface area (Å²) in [5.74, 6) is 2.38. The summed E-state index contributed by atoms with van der Waals surface area (Å²) in [6.45, 7) is 11.6. The van der Waals surface area contributed by atoms with Crippen molar-refractivity contribution in [3.05, 3.63) is 0 Å². The summed E-state index contributed by atoms with van der Waals surface area (Å²) >= 11 is 0. The Morgan fingerprint density at radius 3 is 2.53 bits per heavy atom. The molecule has 3 nitrogen and oxygen atoms in total. The van der Waals surface area contributed by atoms with Crippen LogP contribution in [0.25, 0.3) is 0 Å².